The zero-order valence-corrected chi connectivity index (χ0v) is 17.8. The van der Waals surface area contributed by atoms with E-state index in [1.165, 1.54) is 77.3 Å². The number of likely N-dealkylation sites (tertiary alicyclic amines) is 1. The Balaban J connectivity index is 0.00000208. The molecule has 0 saturated carbocycles. The highest BCUT2D eigenvalue weighted by molar-refractivity contribution is 5.29. The van der Waals surface area contributed by atoms with Crippen LogP contribution in [0.5, 0.6) is 0 Å². The largest absolute Gasteiger partial charge is 1.00 e. The second kappa shape index (κ2) is 10.1. The third-order valence-electron chi connectivity index (χ3n) is 6.04. The molecule has 2 aliphatic rings. The van der Waals surface area contributed by atoms with Gasteiger partial charge in [-0.1, -0.05) is 39.0 Å². The summed E-state index contributed by atoms with van der Waals surface area (Å²) < 4.78 is 2.46. The number of aromatic nitrogens is 1. The van der Waals surface area contributed by atoms with Crippen LogP contribution in [-0.2, 0) is 13.0 Å². The van der Waals surface area contributed by atoms with Gasteiger partial charge in [-0.2, -0.15) is 0 Å². The van der Waals surface area contributed by atoms with Crippen molar-refractivity contribution in [3.63, 3.8) is 0 Å². The van der Waals surface area contributed by atoms with Crippen molar-refractivity contribution in [1.82, 2.24) is 4.90 Å². The van der Waals surface area contributed by atoms with Crippen molar-refractivity contribution >= 4 is 0 Å². The molecule has 0 N–H and O–H groups in total. The summed E-state index contributed by atoms with van der Waals surface area (Å²) in [4.78, 5) is 2.58. The van der Waals surface area contributed by atoms with E-state index in [0.29, 0.717) is 6.04 Å². The zero-order chi connectivity index (χ0) is 16.1. The molecule has 1 aliphatic heterocycles. The number of rotatable bonds is 8. The lowest BCUT2D eigenvalue weighted by atomic mass is 9.81. The van der Waals surface area contributed by atoms with Gasteiger partial charge in [0.2, 0.25) is 0 Å². The van der Waals surface area contributed by atoms with Gasteiger partial charge in [0.25, 0.3) is 0 Å². The van der Waals surface area contributed by atoms with Gasteiger partial charge in [0.1, 0.15) is 6.54 Å². The molecule has 0 bridgehead atoms. The van der Waals surface area contributed by atoms with Crippen LogP contribution < -0.4 is 28.5 Å². The summed E-state index contributed by atoms with van der Waals surface area (Å²) in [6.07, 6.45) is 18.6. The van der Waals surface area contributed by atoms with E-state index in [-0.39, 0.29) is 24.0 Å². The van der Waals surface area contributed by atoms with Crippen molar-refractivity contribution in [3.05, 3.63) is 29.6 Å². The van der Waals surface area contributed by atoms with Crippen LogP contribution in [0.2, 0.25) is 0 Å². The van der Waals surface area contributed by atoms with Crippen molar-refractivity contribution < 1.29 is 28.5 Å². The van der Waals surface area contributed by atoms with Gasteiger partial charge >= 0.3 is 0 Å². The normalized spacial score (nSPS) is 22.8. The molecular formula is C21H35IN2. The van der Waals surface area contributed by atoms with Crippen molar-refractivity contribution in [2.24, 2.45) is 5.92 Å². The fourth-order valence-corrected chi connectivity index (χ4v) is 4.63. The molecule has 3 heteroatoms. The molecule has 2 nitrogen and oxygen atoms in total. The van der Waals surface area contributed by atoms with Crippen LogP contribution in [0, 0.1) is 5.92 Å². The monoisotopic (exact) mass is 442 g/mol. The van der Waals surface area contributed by atoms with Crippen LogP contribution in [0.25, 0.3) is 0 Å². The van der Waals surface area contributed by atoms with Crippen LogP contribution in [0.4, 0.5) is 0 Å². The average molecular weight is 442 g/mol. The van der Waals surface area contributed by atoms with Crippen molar-refractivity contribution in [1.29, 1.82) is 0 Å². The standard InChI is InChI=1S/C21H35N2.HI/c1-3-4-5-6-7-8-9-14-23-16-13-18-10-11-19-12-15-22(2)21(19)20(18)17-23;/h13,16-17,19,21H,3-12,14-15H2,1-2H3;1H/q+1;/p-1. The Morgan fingerprint density at radius 1 is 1.08 bits per heavy atom. The second-order valence-corrected chi connectivity index (χ2v) is 7.80. The molecular weight excluding hydrogens is 407 g/mol. The minimum atomic E-state index is 0. The molecule has 1 aliphatic carbocycles. The summed E-state index contributed by atoms with van der Waals surface area (Å²) in [6, 6.07) is 3.10. The van der Waals surface area contributed by atoms with Gasteiger partial charge in [-0.05, 0) is 50.8 Å². The maximum Gasteiger partial charge on any atom is 0.173 e. The van der Waals surface area contributed by atoms with Gasteiger partial charge < -0.3 is 24.0 Å². The molecule has 3 rings (SSSR count). The van der Waals surface area contributed by atoms with E-state index < -0.39 is 0 Å². The Morgan fingerprint density at radius 2 is 1.83 bits per heavy atom. The fourth-order valence-electron chi connectivity index (χ4n) is 4.63. The lowest BCUT2D eigenvalue weighted by Crippen LogP contribution is -3.00. The third-order valence-corrected chi connectivity index (χ3v) is 6.04. The zero-order valence-electron chi connectivity index (χ0n) is 15.6. The molecule has 2 heterocycles. The lowest BCUT2D eigenvalue weighted by Gasteiger charge is -2.30. The minimum Gasteiger partial charge on any atom is -1.00 e. The summed E-state index contributed by atoms with van der Waals surface area (Å²) in [5.41, 5.74) is 3.24. The van der Waals surface area contributed by atoms with E-state index >= 15 is 0 Å². The van der Waals surface area contributed by atoms with Crippen LogP contribution in [-0.4, -0.2) is 18.5 Å². The summed E-state index contributed by atoms with van der Waals surface area (Å²) >= 11 is 0. The number of pyridine rings is 1. The van der Waals surface area contributed by atoms with Crippen LogP contribution >= 0.6 is 0 Å². The summed E-state index contributed by atoms with van der Waals surface area (Å²) in [6.45, 7) is 4.77. The maximum absolute atomic E-state index is 2.58. The Kier molecular flexibility index (Phi) is 8.48. The minimum absolute atomic E-state index is 0. The fraction of sp³-hybridized carbons (Fsp3) is 0.762. The predicted molar refractivity (Wildman–Crippen MR) is 96.4 cm³/mol. The number of unbranched alkanes of at least 4 members (excludes halogenated alkanes) is 6. The van der Waals surface area contributed by atoms with Crippen molar-refractivity contribution in [3.8, 4) is 0 Å². The predicted octanol–water partition coefficient (Wildman–Crippen LogP) is 1.67. The van der Waals surface area contributed by atoms with E-state index in [9.17, 15) is 0 Å². The number of hydrogen-bond acceptors (Lipinski definition) is 1. The SMILES string of the molecule is CCCCCCCCC[n+]1ccc2c(c1)C1C(CC2)CCN1C.[I-]. The molecule has 0 spiro atoms. The number of fused-ring (bicyclic) bond motifs is 3. The highest BCUT2D eigenvalue weighted by Crippen LogP contribution is 2.43. The van der Waals surface area contributed by atoms with Crippen molar-refractivity contribution in [2.45, 2.75) is 83.7 Å². The first-order valence-corrected chi connectivity index (χ1v) is 10.0. The van der Waals surface area contributed by atoms with Gasteiger partial charge in [-0.3, -0.25) is 4.90 Å². The Bertz CT molecular complexity index is 503. The van der Waals surface area contributed by atoms with Crippen LogP contribution in [0.3, 0.4) is 0 Å². The lowest BCUT2D eigenvalue weighted by molar-refractivity contribution is -0.698. The maximum atomic E-state index is 2.58. The van der Waals surface area contributed by atoms with E-state index in [1.807, 2.05) is 0 Å². The average Bonchev–Trinajstić information content (AvgIpc) is 2.95. The van der Waals surface area contributed by atoms with Crippen LogP contribution in [0.15, 0.2) is 18.5 Å². The molecule has 0 amide bonds. The molecule has 1 saturated heterocycles. The van der Waals surface area contributed by atoms with Crippen LogP contribution in [0.1, 0.15) is 81.9 Å². The number of halogens is 1. The molecule has 1 fully saturated rings. The first-order valence-electron chi connectivity index (χ1n) is 10.0. The Labute approximate surface area is 166 Å². The van der Waals surface area contributed by atoms with Gasteiger partial charge in [0.05, 0.1) is 0 Å². The molecule has 136 valence electrons. The van der Waals surface area contributed by atoms with E-state index in [2.05, 4.69) is 41.9 Å². The smallest absolute Gasteiger partial charge is 0.173 e. The second-order valence-electron chi connectivity index (χ2n) is 7.80. The molecule has 0 aromatic carbocycles. The van der Waals surface area contributed by atoms with E-state index in [0.717, 1.165) is 5.92 Å². The highest BCUT2D eigenvalue weighted by atomic mass is 127. The molecule has 2 unspecified atom stereocenters. The molecule has 2 atom stereocenters. The van der Waals surface area contributed by atoms with Gasteiger partial charge in [-0.15, -0.1) is 0 Å². The summed E-state index contributed by atoms with van der Waals surface area (Å²) in [5.74, 6) is 0.905. The molecule has 1 aromatic heterocycles. The molecule has 24 heavy (non-hydrogen) atoms. The van der Waals surface area contributed by atoms with E-state index in [4.69, 9.17) is 0 Å². The van der Waals surface area contributed by atoms with Gasteiger partial charge in [-0.25, -0.2) is 4.57 Å². The quantitative estimate of drug-likeness (QED) is 0.338. The van der Waals surface area contributed by atoms with Gasteiger partial charge in [0, 0.05) is 24.1 Å². The van der Waals surface area contributed by atoms with Crippen molar-refractivity contribution in [2.75, 3.05) is 13.6 Å². The molecule has 1 aromatic rings. The molecule has 0 radical (unpaired) electrons. The number of hydrogen-bond donors (Lipinski definition) is 0. The third kappa shape index (κ3) is 4.94. The van der Waals surface area contributed by atoms with Gasteiger partial charge in [0.15, 0.2) is 12.4 Å². The number of nitrogens with zero attached hydrogens (tertiary/aromatic N) is 2. The topological polar surface area (TPSA) is 7.12 Å². The first-order chi connectivity index (χ1) is 11.3. The summed E-state index contributed by atoms with van der Waals surface area (Å²) in [7, 11) is 2.31. The Morgan fingerprint density at radius 3 is 2.62 bits per heavy atom. The van der Waals surface area contributed by atoms with E-state index in [1.54, 1.807) is 11.1 Å². The summed E-state index contributed by atoms with van der Waals surface area (Å²) in [5, 5.41) is 0. The number of aryl methyl sites for hydroxylation is 2. The Hall–Kier alpha value is -0.160. The first kappa shape index (κ1) is 20.2. The highest BCUT2D eigenvalue weighted by Gasteiger charge is 2.38.